The van der Waals surface area contributed by atoms with Crippen molar-refractivity contribution < 1.29 is 13.9 Å². The highest BCUT2D eigenvalue weighted by Crippen LogP contribution is 2.24. The van der Waals surface area contributed by atoms with Crippen LogP contribution in [0.15, 0.2) is 34.9 Å². The number of carbonyl (C=O) groups excluding carboxylic acids is 1. The molecule has 19 heavy (non-hydrogen) atoms. The molecule has 0 aliphatic heterocycles. The minimum absolute atomic E-state index is 0.207. The summed E-state index contributed by atoms with van der Waals surface area (Å²) in [5.74, 6) is -0.282. The Labute approximate surface area is 116 Å². The third kappa shape index (κ3) is 3.09. The summed E-state index contributed by atoms with van der Waals surface area (Å²) in [5, 5.41) is 3.81. The number of rotatable bonds is 4. The van der Waals surface area contributed by atoms with Crippen LogP contribution >= 0.6 is 11.6 Å². The van der Waals surface area contributed by atoms with Crippen molar-refractivity contribution in [2.75, 3.05) is 12.4 Å². The van der Waals surface area contributed by atoms with E-state index in [1.165, 1.54) is 13.4 Å². The van der Waals surface area contributed by atoms with Crippen LogP contribution in [-0.4, -0.2) is 13.1 Å². The number of hydrogen-bond acceptors (Lipinski definition) is 4. The van der Waals surface area contributed by atoms with Crippen LogP contribution in [0.1, 0.15) is 21.7 Å². The molecule has 2 aromatic rings. The van der Waals surface area contributed by atoms with Crippen molar-refractivity contribution in [1.29, 1.82) is 0 Å². The lowest BCUT2D eigenvalue weighted by molar-refractivity contribution is 0.0563. The molecule has 1 aromatic heterocycles. The number of benzene rings is 1. The van der Waals surface area contributed by atoms with Crippen molar-refractivity contribution in [2.24, 2.45) is 0 Å². The van der Waals surface area contributed by atoms with E-state index in [1.54, 1.807) is 6.07 Å². The summed E-state index contributed by atoms with van der Waals surface area (Å²) in [4.78, 5) is 11.5. The summed E-state index contributed by atoms with van der Waals surface area (Å²) in [6.45, 7) is 2.42. The number of anilines is 1. The van der Waals surface area contributed by atoms with Gasteiger partial charge in [-0.05, 0) is 30.7 Å². The molecule has 100 valence electrons. The van der Waals surface area contributed by atoms with E-state index >= 15 is 0 Å². The van der Waals surface area contributed by atoms with E-state index in [4.69, 9.17) is 16.0 Å². The molecular weight excluding hydrogens is 266 g/mol. The molecular formula is C14H14ClNO3. The normalized spacial score (nSPS) is 10.3. The van der Waals surface area contributed by atoms with Crippen molar-refractivity contribution >= 4 is 23.3 Å². The molecule has 0 spiro atoms. The van der Waals surface area contributed by atoms with E-state index in [0.29, 0.717) is 11.6 Å². The number of aryl methyl sites for hydroxylation is 1. The first-order valence-corrected chi connectivity index (χ1v) is 6.14. The minimum Gasteiger partial charge on any atom is -0.463 e. The van der Waals surface area contributed by atoms with Crippen molar-refractivity contribution in [2.45, 2.75) is 13.5 Å². The van der Waals surface area contributed by atoms with Crippen LogP contribution in [0.2, 0.25) is 5.02 Å². The van der Waals surface area contributed by atoms with Gasteiger partial charge in [0.05, 0.1) is 24.1 Å². The van der Waals surface area contributed by atoms with E-state index < -0.39 is 5.97 Å². The Bertz CT molecular complexity index is 592. The average molecular weight is 280 g/mol. The van der Waals surface area contributed by atoms with Crippen molar-refractivity contribution in [1.82, 2.24) is 0 Å². The number of nitrogens with one attached hydrogen (secondary N) is 1. The summed E-state index contributed by atoms with van der Waals surface area (Å²) in [5.41, 5.74) is 2.65. The third-order valence-corrected chi connectivity index (χ3v) is 3.04. The highest BCUT2D eigenvalue weighted by molar-refractivity contribution is 6.33. The van der Waals surface area contributed by atoms with Gasteiger partial charge < -0.3 is 14.5 Å². The Hall–Kier alpha value is -1.94. The van der Waals surface area contributed by atoms with E-state index in [9.17, 15) is 4.79 Å². The quantitative estimate of drug-likeness (QED) is 0.868. The van der Waals surface area contributed by atoms with Gasteiger partial charge in [0.25, 0.3) is 0 Å². The second-order valence-corrected chi connectivity index (χ2v) is 4.51. The molecule has 1 aromatic carbocycles. The molecule has 0 radical (unpaired) electrons. The number of ether oxygens (including phenoxy) is 1. The zero-order chi connectivity index (χ0) is 13.8. The molecule has 1 heterocycles. The first-order chi connectivity index (χ1) is 9.11. The Morgan fingerprint density at radius 2 is 2.21 bits per heavy atom. The first kappa shape index (κ1) is 13.5. The van der Waals surface area contributed by atoms with Gasteiger partial charge in [-0.3, -0.25) is 0 Å². The highest BCUT2D eigenvalue weighted by atomic mass is 35.5. The monoisotopic (exact) mass is 279 g/mol. The zero-order valence-corrected chi connectivity index (χ0v) is 11.5. The van der Waals surface area contributed by atoms with E-state index in [-0.39, 0.29) is 5.76 Å². The van der Waals surface area contributed by atoms with Gasteiger partial charge in [-0.2, -0.15) is 0 Å². The van der Waals surface area contributed by atoms with Gasteiger partial charge in [0, 0.05) is 12.1 Å². The summed E-state index contributed by atoms with van der Waals surface area (Å²) < 4.78 is 9.76. The maximum atomic E-state index is 11.5. The molecule has 0 aliphatic carbocycles. The largest absolute Gasteiger partial charge is 0.463 e. The maximum Gasteiger partial charge on any atom is 0.374 e. The lowest BCUT2D eigenvalue weighted by Gasteiger charge is -2.09. The van der Waals surface area contributed by atoms with E-state index in [1.807, 2.05) is 25.1 Å². The Morgan fingerprint density at radius 1 is 1.42 bits per heavy atom. The first-order valence-electron chi connectivity index (χ1n) is 5.76. The molecule has 0 atom stereocenters. The number of methoxy groups -OCH3 is 1. The number of carbonyl (C=O) groups is 1. The molecule has 1 N–H and O–H groups in total. The fraction of sp³-hybridized carbons (Fsp3) is 0.214. The second-order valence-electron chi connectivity index (χ2n) is 4.10. The predicted octanol–water partition coefficient (Wildman–Crippen LogP) is 3.64. The van der Waals surface area contributed by atoms with Crippen molar-refractivity contribution in [3.63, 3.8) is 0 Å². The van der Waals surface area contributed by atoms with Gasteiger partial charge in [-0.1, -0.05) is 17.7 Å². The van der Waals surface area contributed by atoms with Crippen LogP contribution in [0.4, 0.5) is 5.69 Å². The van der Waals surface area contributed by atoms with E-state index in [2.05, 4.69) is 10.1 Å². The van der Waals surface area contributed by atoms with Gasteiger partial charge in [0.1, 0.15) is 0 Å². The van der Waals surface area contributed by atoms with Crippen LogP contribution in [0.5, 0.6) is 0 Å². The van der Waals surface area contributed by atoms with E-state index in [0.717, 1.165) is 16.8 Å². The highest BCUT2D eigenvalue weighted by Gasteiger charge is 2.15. The summed E-state index contributed by atoms with van der Waals surface area (Å²) in [7, 11) is 1.32. The number of furan rings is 1. The lowest BCUT2D eigenvalue weighted by Crippen LogP contribution is -2.07. The standard InChI is InChI=1S/C14H14ClNO3/c1-9-3-4-11(15)12(7-9)16-8-10-5-6-19-13(10)14(17)18-2/h3-7,16H,8H2,1-2H3. The second kappa shape index (κ2) is 5.80. The fourth-order valence-corrected chi connectivity index (χ4v) is 1.90. The molecule has 0 unspecified atom stereocenters. The van der Waals surface area contributed by atoms with Gasteiger partial charge in [0.2, 0.25) is 5.76 Å². The van der Waals surface area contributed by atoms with Crippen molar-refractivity contribution in [3.8, 4) is 0 Å². The molecule has 0 aliphatic rings. The van der Waals surface area contributed by atoms with Gasteiger partial charge >= 0.3 is 5.97 Å². The van der Waals surface area contributed by atoms with Crippen LogP contribution < -0.4 is 5.32 Å². The molecule has 0 saturated carbocycles. The number of halogens is 1. The lowest BCUT2D eigenvalue weighted by atomic mass is 10.2. The fourth-order valence-electron chi connectivity index (χ4n) is 1.71. The van der Waals surface area contributed by atoms with Crippen LogP contribution in [0.25, 0.3) is 0 Å². The third-order valence-electron chi connectivity index (χ3n) is 2.71. The molecule has 0 fully saturated rings. The Morgan fingerprint density at radius 3 is 2.95 bits per heavy atom. The maximum absolute atomic E-state index is 11.5. The summed E-state index contributed by atoms with van der Waals surface area (Å²) >= 11 is 6.09. The number of hydrogen-bond donors (Lipinski definition) is 1. The van der Waals surface area contributed by atoms with Gasteiger partial charge in [-0.15, -0.1) is 0 Å². The Balaban J connectivity index is 2.13. The molecule has 0 saturated heterocycles. The van der Waals surface area contributed by atoms with Crippen LogP contribution in [0, 0.1) is 6.92 Å². The Kier molecular flexibility index (Phi) is 4.12. The minimum atomic E-state index is -0.489. The average Bonchev–Trinajstić information content (AvgIpc) is 2.87. The smallest absolute Gasteiger partial charge is 0.374 e. The van der Waals surface area contributed by atoms with Crippen LogP contribution in [-0.2, 0) is 11.3 Å². The molecule has 4 nitrogen and oxygen atoms in total. The predicted molar refractivity (Wildman–Crippen MR) is 73.6 cm³/mol. The molecule has 0 amide bonds. The zero-order valence-electron chi connectivity index (χ0n) is 10.7. The molecule has 2 rings (SSSR count). The molecule has 5 heteroatoms. The summed E-state index contributed by atoms with van der Waals surface area (Å²) in [6, 6.07) is 7.43. The SMILES string of the molecule is COC(=O)c1occc1CNc1cc(C)ccc1Cl. The van der Waals surface area contributed by atoms with Gasteiger partial charge in [-0.25, -0.2) is 4.79 Å². The van der Waals surface area contributed by atoms with Crippen LogP contribution in [0.3, 0.4) is 0 Å². The number of esters is 1. The summed E-state index contributed by atoms with van der Waals surface area (Å²) in [6.07, 6.45) is 1.46. The van der Waals surface area contributed by atoms with Gasteiger partial charge in [0.15, 0.2) is 0 Å². The van der Waals surface area contributed by atoms with Crippen molar-refractivity contribution in [3.05, 3.63) is 52.4 Å². The molecule has 0 bridgehead atoms. The topological polar surface area (TPSA) is 51.5 Å².